The number of hydrogen-bond acceptors (Lipinski definition) is 4. The van der Waals surface area contributed by atoms with Crippen molar-refractivity contribution >= 4 is 15.9 Å². The van der Waals surface area contributed by atoms with E-state index in [0.29, 0.717) is 38.0 Å². The molecule has 0 spiro atoms. The maximum absolute atomic E-state index is 13.2. The van der Waals surface area contributed by atoms with Gasteiger partial charge in [0.05, 0.1) is 10.8 Å². The van der Waals surface area contributed by atoms with Gasteiger partial charge in [0, 0.05) is 26.2 Å². The summed E-state index contributed by atoms with van der Waals surface area (Å²) in [5, 5.41) is 2.70. The molecule has 0 aromatic heterocycles. The summed E-state index contributed by atoms with van der Waals surface area (Å²) in [5.41, 5.74) is 5.72. The highest BCUT2D eigenvalue weighted by molar-refractivity contribution is 7.89. The van der Waals surface area contributed by atoms with Crippen molar-refractivity contribution in [3.8, 4) is 0 Å². The molecule has 1 aromatic rings. The van der Waals surface area contributed by atoms with E-state index in [0.717, 1.165) is 6.07 Å². The zero-order valence-electron chi connectivity index (χ0n) is 13.1. The second-order valence-corrected chi connectivity index (χ2v) is 7.60. The van der Waals surface area contributed by atoms with E-state index >= 15 is 0 Å². The number of rotatable bonds is 5. The lowest BCUT2D eigenvalue weighted by molar-refractivity contribution is -0.126. The first kappa shape index (κ1) is 17.8. The van der Waals surface area contributed by atoms with E-state index in [9.17, 15) is 17.6 Å². The van der Waals surface area contributed by atoms with Crippen molar-refractivity contribution in [1.82, 2.24) is 9.62 Å². The molecule has 0 bridgehead atoms. The number of sulfonamides is 1. The summed E-state index contributed by atoms with van der Waals surface area (Å²) in [5.74, 6) is -1.03. The molecule has 0 radical (unpaired) electrons. The maximum atomic E-state index is 13.2. The molecule has 2 rings (SSSR count). The van der Waals surface area contributed by atoms with Gasteiger partial charge in [0.25, 0.3) is 0 Å². The number of nitrogens with zero attached hydrogens (tertiary/aromatic N) is 1. The Morgan fingerprint density at radius 1 is 1.48 bits per heavy atom. The number of benzene rings is 1. The predicted molar refractivity (Wildman–Crippen MR) is 84.7 cm³/mol. The van der Waals surface area contributed by atoms with Crippen LogP contribution in [0, 0.1) is 18.7 Å². The molecule has 1 amide bonds. The van der Waals surface area contributed by atoms with Gasteiger partial charge in [-0.2, -0.15) is 4.31 Å². The summed E-state index contributed by atoms with van der Waals surface area (Å²) in [4.78, 5) is 12.1. The minimum atomic E-state index is -3.73. The maximum Gasteiger partial charge on any atom is 0.243 e. The van der Waals surface area contributed by atoms with Crippen LogP contribution in [0.2, 0.25) is 0 Å². The molecule has 1 fully saturated rings. The van der Waals surface area contributed by atoms with Gasteiger partial charge in [-0.15, -0.1) is 0 Å². The first-order chi connectivity index (χ1) is 10.9. The Hall–Kier alpha value is -1.51. The highest BCUT2D eigenvalue weighted by Crippen LogP contribution is 2.26. The number of carbonyl (C=O) groups excluding carboxylic acids is 1. The molecule has 1 atom stereocenters. The zero-order chi connectivity index (χ0) is 17.0. The van der Waals surface area contributed by atoms with Crippen LogP contribution in [0.15, 0.2) is 23.1 Å². The molecule has 6 nitrogen and oxygen atoms in total. The van der Waals surface area contributed by atoms with Crippen LogP contribution in [0.3, 0.4) is 0 Å². The number of hydrogen-bond donors (Lipinski definition) is 2. The Morgan fingerprint density at radius 2 is 2.22 bits per heavy atom. The van der Waals surface area contributed by atoms with E-state index in [1.807, 2.05) is 0 Å². The topological polar surface area (TPSA) is 92.5 Å². The zero-order valence-corrected chi connectivity index (χ0v) is 13.9. The second kappa shape index (κ2) is 7.37. The summed E-state index contributed by atoms with van der Waals surface area (Å²) in [6.07, 6.45) is 1.25. The fourth-order valence-electron chi connectivity index (χ4n) is 2.76. The third-order valence-corrected chi connectivity index (χ3v) is 5.98. The van der Waals surface area contributed by atoms with E-state index in [1.54, 1.807) is 6.92 Å². The standard InChI is InChI=1S/C15H22FN3O3S/c1-11-9-13(16)4-5-14(11)23(21,22)19-8-2-3-12(10-19)15(20)18-7-6-17/h4-5,9,12H,2-3,6-8,10,17H2,1H3,(H,18,20). The van der Waals surface area contributed by atoms with Gasteiger partial charge in [0.2, 0.25) is 15.9 Å². The quantitative estimate of drug-likeness (QED) is 0.819. The SMILES string of the molecule is Cc1cc(F)ccc1S(=O)(=O)N1CCCC(C(=O)NCCN)C1. The van der Waals surface area contributed by atoms with Gasteiger partial charge in [-0.05, 0) is 43.5 Å². The normalized spacial score (nSPS) is 19.5. The Morgan fingerprint density at radius 3 is 2.87 bits per heavy atom. The fraction of sp³-hybridized carbons (Fsp3) is 0.533. The smallest absolute Gasteiger partial charge is 0.243 e. The lowest BCUT2D eigenvalue weighted by atomic mass is 9.99. The van der Waals surface area contributed by atoms with Gasteiger partial charge in [0.1, 0.15) is 5.82 Å². The van der Waals surface area contributed by atoms with Crippen molar-refractivity contribution in [2.45, 2.75) is 24.7 Å². The average Bonchev–Trinajstić information content (AvgIpc) is 2.52. The minimum Gasteiger partial charge on any atom is -0.355 e. The first-order valence-electron chi connectivity index (χ1n) is 7.60. The average molecular weight is 343 g/mol. The number of nitrogens with one attached hydrogen (secondary N) is 1. The molecule has 1 unspecified atom stereocenters. The molecule has 0 aliphatic carbocycles. The van der Waals surface area contributed by atoms with Gasteiger partial charge in [-0.1, -0.05) is 0 Å². The van der Waals surface area contributed by atoms with Crippen molar-refractivity contribution in [2.75, 3.05) is 26.2 Å². The molecule has 23 heavy (non-hydrogen) atoms. The van der Waals surface area contributed by atoms with Crippen molar-refractivity contribution in [3.63, 3.8) is 0 Å². The highest BCUT2D eigenvalue weighted by atomic mass is 32.2. The molecule has 128 valence electrons. The van der Waals surface area contributed by atoms with E-state index in [1.165, 1.54) is 16.4 Å². The molecular weight excluding hydrogens is 321 g/mol. The largest absolute Gasteiger partial charge is 0.355 e. The van der Waals surface area contributed by atoms with Gasteiger partial charge >= 0.3 is 0 Å². The molecule has 1 heterocycles. The van der Waals surface area contributed by atoms with Gasteiger partial charge in [-0.25, -0.2) is 12.8 Å². The number of piperidine rings is 1. The molecule has 1 saturated heterocycles. The molecular formula is C15H22FN3O3S. The highest BCUT2D eigenvalue weighted by Gasteiger charge is 2.33. The molecule has 1 aromatic carbocycles. The monoisotopic (exact) mass is 343 g/mol. The number of amides is 1. The summed E-state index contributed by atoms with van der Waals surface area (Å²) in [6, 6.07) is 3.61. The molecule has 8 heteroatoms. The van der Waals surface area contributed by atoms with Crippen LogP contribution < -0.4 is 11.1 Å². The van der Waals surface area contributed by atoms with Crippen LogP contribution in [0.25, 0.3) is 0 Å². The third kappa shape index (κ3) is 4.07. The summed E-state index contributed by atoms with van der Waals surface area (Å²) >= 11 is 0. The van der Waals surface area contributed by atoms with Crippen molar-refractivity contribution in [2.24, 2.45) is 11.7 Å². The van der Waals surface area contributed by atoms with Crippen LogP contribution >= 0.6 is 0 Å². The van der Waals surface area contributed by atoms with Crippen molar-refractivity contribution in [3.05, 3.63) is 29.6 Å². The Balaban J connectivity index is 2.18. The first-order valence-corrected chi connectivity index (χ1v) is 9.04. The Labute approximate surface area is 135 Å². The number of aryl methyl sites for hydroxylation is 1. The van der Waals surface area contributed by atoms with E-state index < -0.39 is 15.8 Å². The van der Waals surface area contributed by atoms with Crippen LogP contribution in [0.5, 0.6) is 0 Å². The Bertz CT molecular complexity index is 679. The summed E-state index contributed by atoms with van der Waals surface area (Å²) < 4.78 is 40.0. The molecule has 1 aliphatic rings. The lowest BCUT2D eigenvalue weighted by Crippen LogP contribution is -2.46. The van der Waals surface area contributed by atoms with Gasteiger partial charge in [-0.3, -0.25) is 4.79 Å². The van der Waals surface area contributed by atoms with Crippen LogP contribution in [-0.2, 0) is 14.8 Å². The number of carbonyl (C=O) groups is 1. The van der Waals surface area contributed by atoms with Gasteiger partial charge in [0.15, 0.2) is 0 Å². The van der Waals surface area contributed by atoms with Crippen molar-refractivity contribution in [1.29, 1.82) is 0 Å². The summed E-state index contributed by atoms with van der Waals surface area (Å²) in [6.45, 7) is 2.77. The third-order valence-electron chi connectivity index (χ3n) is 3.95. The molecule has 0 saturated carbocycles. The van der Waals surface area contributed by atoms with Crippen molar-refractivity contribution < 1.29 is 17.6 Å². The van der Waals surface area contributed by atoms with E-state index in [2.05, 4.69) is 5.32 Å². The lowest BCUT2D eigenvalue weighted by Gasteiger charge is -2.31. The summed E-state index contributed by atoms with van der Waals surface area (Å²) in [7, 11) is -3.73. The van der Waals surface area contributed by atoms with Crippen LogP contribution in [0.4, 0.5) is 4.39 Å². The van der Waals surface area contributed by atoms with Crippen LogP contribution in [-0.4, -0.2) is 44.8 Å². The number of nitrogens with two attached hydrogens (primary N) is 1. The van der Waals surface area contributed by atoms with Crippen LogP contribution in [0.1, 0.15) is 18.4 Å². The number of halogens is 1. The molecule has 1 aliphatic heterocycles. The predicted octanol–water partition coefficient (Wildman–Crippen LogP) is 0.610. The van der Waals surface area contributed by atoms with E-state index in [4.69, 9.17) is 5.73 Å². The van der Waals surface area contributed by atoms with Gasteiger partial charge < -0.3 is 11.1 Å². The minimum absolute atomic E-state index is 0.0851. The Kier molecular flexibility index (Phi) is 5.72. The fourth-order valence-corrected chi connectivity index (χ4v) is 4.49. The van der Waals surface area contributed by atoms with E-state index in [-0.39, 0.29) is 23.3 Å². The molecule has 3 N–H and O–H groups in total. The second-order valence-electron chi connectivity index (χ2n) is 5.69.